The standard InChI is InChI=1S/C25H27BF6N8O7/c1-21(2,23(27,28)29)46-9-14(35-19(41)18-17(11-4-5-11)37-47-38-18)13-8-39-16(34-13)6-12(7-33-39)15(10-45-3)40-20(42)36-22(26,24(30,31)32)25(40,43)44/h6-8,11,14-15,43-44H,4-5,9-10H2,1-3H3,(H,35,41)(H,36,42). The summed E-state index contributed by atoms with van der Waals surface area (Å²) >= 11 is 0. The monoisotopic (exact) mass is 676 g/mol. The van der Waals surface area contributed by atoms with Crippen molar-refractivity contribution in [1.82, 2.24) is 40.4 Å². The fourth-order valence-corrected chi connectivity index (χ4v) is 4.78. The van der Waals surface area contributed by atoms with Gasteiger partial charge in [-0.05, 0) is 37.9 Å². The molecular formula is C25H27BF6N8O7. The Morgan fingerprint density at radius 1 is 1.21 bits per heavy atom. The van der Waals surface area contributed by atoms with Crippen molar-refractivity contribution in [2.45, 2.75) is 74.0 Å². The number of rotatable bonds is 11. The Balaban J connectivity index is 1.49. The van der Waals surface area contributed by atoms with E-state index >= 15 is 0 Å². The molecule has 1 aliphatic carbocycles. The molecule has 0 spiro atoms. The average Bonchev–Trinajstić information content (AvgIpc) is 3.45. The highest BCUT2D eigenvalue weighted by Crippen LogP contribution is 2.44. The number of hydrogen-bond donors (Lipinski definition) is 4. The lowest BCUT2D eigenvalue weighted by atomic mass is 9.74. The predicted octanol–water partition coefficient (Wildman–Crippen LogP) is 1.60. The van der Waals surface area contributed by atoms with Gasteiger partial charge in [0.05, 0.1) is 43.4 Å². The highest BCUT2D eigenvalue weighted by molar-refractivity contribution is 6.19. The third-order valence-corrected chi connectivity index (χ3v) is 7.86. The van der Waals surface area contributed by atoms with Gasteiger partial charge in [0.25, 0.3) is 11.8 Å². The number of nitrogens with one attached hydrogen (secondary N) is 2. The maximum atomic E-state index is 13.7. The van der Waals surface area contributed by atoms with Gasteiger partial charge < -0.3 is 30.3 Å². The van der Waals surface area contributed by atoms with Gasteiger partial charge in [0, 0.05) is 18.6 Å². The summed E-state index contributed by atoms with van der Waals surface area (Å²) in [6.07, 6.45) is -6.53. The minimum atomic E-state index is -5.51. The van der Waals surface area contributed by atoms with Gasteiger partial charge in [-0.25, -0.2) is 18.9 Å². The second-order valence-corrected chi connectivity index (χ2v) is 11.6. The van der Waals surface area contributed by atoms with Gasteiger partial charge in [-0.15, -0.1) is 0 Å². The van der Waals surface area contributed by atoms with Crippen LogP contribution in [0.3, 0.4) is 0 Å². The number of hydrogen-bond acceptors (Lipinski definition) is 11. The second kappa shape index (κ2) is 11.6. The molecule has 1 aliphatic heterocycles. The average molecular weight is 676 g/mol. The van der Waals surface area contributed by atoms with Crippen molar-refractivity contribution >= 4 is 25.4 Å². The van der Waals surface area contributed by atoms with Crippen LogP contribution >= 0.6 is 0 Å². The molecule has 254 valence electrons. The number of halogens is 6. The van der Waals surface area contributed by atoms with Crippen LogP contribution in [0, 0.1) is 0 Å². The Morgan fingerprint density at radius 3 is 2.47 bits per heavy atom. The minimum absolute atomic E-state index is 0.0286. The van der Waals surface area contributed by atoms with Gasteiger partial charge in [0.1, 0.15) is 13.5 Å². The zero-order valence-corrected chi connectivity index (χ0v) is 24.8. The number of nitrogens with zero attached hydrogens (tertiary/aromatic N) is 6. The van der Waals surface area contributed by atoms with Gasteiger partial charge in [-0.2, -0.15) is 31.4 Å². The Labute approximate surface area is 261 Å². The molecule has 1 saturated carbocycles. The highest BCUT2D eigenvalue weighted by atomic mass is 19.4. The van der Waals surface area contributed by atoms with E-state index in [4.69, 9.17) is 21.9 Å². The zero-order valence-electron chi connectivity index (χ0n) is 24.8. The first-order valence-corrected chi connectivity index (χ1v) is 13.8. The molecule has 22 heteroatoms. The first-order chi connectivity index (χ1) is 21.7. The quantitative estimate of drug-likeness (QED) is 0.131. The highest BCUT2D eigenvalue weighted by Gasteiger charge is 2.72. The van der Waals surface area contributed by atoms with Crippen LogP contribution in [0.1, 0.15) is 72.1 Å². The normalized spacial score (nSPS) is 21.6. The van der Waals surface area contributed by atoms with E-state index in [-0.39, 0.29) is 39.1 Å². The molecule has 3 amide bonds. The lowest BCUT2D eigenvalue weighted by Gasteiger charge is -2.41. The van der Waals surface area contributed by atoms with Crippen LogP contribution in [-0.4, -0.2) is 109 Å². The fraction of sp³-hybridized carbons (Fsp3) is 0.600. The van der Waals surface area contributed by atoms with Crippen LogP contribution in [-0.2, 0) is 9.47 Å². The number of carbonyl (C=O) groups is 2. The second-order valence-electron chi connectivity index (χ2n) is 11.6. The molecule has 15 nitrogen and oxygen atoms in total. The molecule has 1 saturated heterocycles. The Hall–Kier alpha value is -4.02. The van der Waals surface area contributed by atoms with Crippen molar-refractivity contribution in [1.29, 1.82) is 0 Å². The smallest absolute Gasteiger partial charge is 0.382 e. The molecular weight excluding hydrogens is 649 g/mol. The number of alkyl halides is 6. The summed E-state index contributed by atoms with van der Waals surface area (Å²) in [5.74, 6) is -4.91. The largest absolute Gasteiger partial charge is 0.416 e. The third-order valence-electron chi connectivity index (χ3n) is 7.86. The molecule has 2 fully saturated rings. The zero-order chi connectivity index (χ0) is 34.7. The summed E-state index contributed by atoms with van der Waals surface area (Å²) in [5.41, 5.74) is -6.78. The van der Waals surface area contributed by atoms with Crippen molar-refractivity contribution in [2.75, 3.05) is 20.3 Å². The van der Waals surface area contributed by atoms with Gasteiger partial charge in [-0.1, -0.05) is 5.16 Å². The first-order valence-electron chi connectivity index (χ1n) is 13.8. The molecule has 3 aromatic heterocycles. The number of aliphatic hydroxyl groups is 2. The fourth-order valence-electron chi connectivity index (χ4n) is 4.78. The lowest BCUT2D eigenvalue weighted by molar-refractivity contribution is -0.321. The van der Waals surface area contributed by atoms with E-state index in [1.165, 1.54) is 17.6 Å². The van der Waals surface area contributed by atoms with Crippen molar-refractivity contribution in [3.63, 3.8) is 0 Å². The Morgan fingerprint density at radius 2 is 1.89 bits per heavy atom. The summed E-state index contributed by atoms with van der Waals surface area (Å²) in [6.45, 7) is 0.256. The van der Waals surface area contributed by atoms with Crippen molar-refractivity contribution in [2.24, 2.45) is 0 Å². The topological polar surface area (TPSA) is 189 Å². The number of methoxy groups -OCH3 is 1. The molecule has 3 unspecified atom stereocenters. The minimum Gasteiger partial charge on any atom is -0.382 e. The summed E-state index contributed by atoms with van der Waals surface area (Å²) in [5, 5.41) is 36.4. The number of fused-ring (bicyclic) bond motifs is 1. The number of amides is 3. The van der Waals surface area contributed by atoms with Gasteiger partial charge in [-0.3, -0.25) is 9.69 Å². The number of aromatic nitrogens is 5. The summed E-state index contributed by atoms with van der Waals surface area (Å²) in [7, 11) is 6.35. The molecule has 2 radical (unpaired) electrons. The number of imidazole rings is 1. The Kier molecular flexibility index (Phi) is 8.47. The van der Waals surface area contributed by atoms with E-state index in [0.29, 0.717) is 0 Å². The predicted molar refractivity (Wildman–Crippen MR) is 142 cm³/mol. The molecule has 47 heavy (non-hydrogen) atoms. The van der Waals surface area contributed by atoms with E-state index in [0.717, 1.165) is 44.5 Å². The number of carbonyl (C=O) groups excluding carboxylic acids is 2. The molecule has 0 aromatic carbocycles. The molecule has 2 aliphatic rings. The van der Waals surface area contributed by atoms with Crippen LogP contribution in [0.5, 0.6) is 0 Å². The maximum absolute atomic E-state index is 13.7. The van der Waals surface area contributed by atoms with Gasteiger partial charge in [0.15, 0.2) is 22.4 Å². The summed E-state index contributed by atoms with van der Waals surface area (Å²) in [4.78, 5) is 30.2. The summed E-state index contributed by atoms with van der Waals surface area (Å²) in [6, 6.07) is -3.38. The van der Waals surface area contributed by atoms with E-state index in [1.54, 1.807) is 0 Å². The van der Waals surface area contributed by atoms with Crippen LogP contribution < -0.4 is 10.6 Å². The van der Waals surface area contributed by atoms with E-state index < -0.39 is 66.5 Å². The number of ether oxygens (including phenoxy) is 2. The molecule has 4 heterocycles. The van der Waals surface area contributed by atoms with Gasteiger partial charge in [0.2, 0.25) is 0 Å². The Bertz CT molecular complexity index is 1660. The molecule has 5 rings (SSSR count). The SMILES string of the molecule is [B]C1(C(F)(F)F)NC(=O)N(C(COC)c2cnn3cc(C(COC(C)(C)C(F)(F)F)NC(=O)c4nonc4C4CC4)nc3c2)C1(O)O. The van der Waals surface area contributed by atoms with Crippen molar-refractivity contribution in [3.8, 4) is 0 Å². The van der Waals surface area contributed by atoms with Crippen LogP contribution in [0.4, 0.5) is 31.1 Å². The molecule has 4 N–H and O–H groups in total. The molecule has 3 atom stereocenters. The van der Waals surface area contributed by atoms with Crippen LogP contribution in [0.25, 0.3) is 5.65 Å². The van der Waals surface area contributed by atoms with Crippen LogP contribution in [0.2, 0.25) is 0 Å². The van der Waals surface area contributed by atoms with Crippen molar-refractivity contribution < 1.29 is 60.2 Å². The van der Waals surface area contributed by atoms with E-state index in [2.05, 4.69) is 25.7 Å². The first kappa shape index (κ1) is 34.3. The molecule has 3 aromatic rings. The molecule has 0 bridgehead atoms. The maximum Gasteiger partial charge on any atom is 0.416 e. The van der Waals surface area contributed by atoms with Crippen molar-refractivity contribution in [3.05, 3.63) is 41.1 Å². The third kappa shape index (κ3) is 6.09. The van der Waals surface area contributed by atoms with E-state index in [9.17, 15) is 46.1 Å². The van der Waals surface area contributed by atoms with E-state index in [1.807, 2.05) is 0 Å². The lowest BCUT2D eigenvalue weighted by Crippen LogP contribution is -2.69. The number of urea groups is 1. The van der Waals surface area contributed by atoms with Gasteiger partial charge >= 0.3 is 18.4 Å². The summed E-state index contributed by atoms with van der Waals surface area (Å²) < 4.78 is 97.9. The van der Waals surface area contributed by atoms with Crippen LogP contribution in [0.15, 0.2) is 23.1 Å².